The highest BCUT2D eigenvalue weighted by Crippen LogP contribution is 2.42. The van der Waals surface area contributed by atoms with Crippen LogP contribution in [0.4, 0.5) is 19.0 Å². The van der Waals surface area contributed by atoms with Crippen molar-refractivity contribution in [3.63, 3.8) is 0 Å². The number of alkyl halides is 3. The Kier molecular flexibility index (Phi) is 2.97. The van der Waals surface area contributed by atoms with Crippen molar-refractivity contribution in [3.8, 4) is 0 Å². The van der Waals surface area contributed by atoms with E-state index in [0.29, 0.717) is 17.7 Å². The predicted octanol–water partition coefficient (Wildman–Crippen LogP) is 2.53. The van der Waals surface area contributed by atoms with E-state index in [0.717, 1.165) is 31.9 Å². The summed E-state index contributed by atoms with van der Waals surface area (Å²) < 4.78 is 37.7. The van der Waals surface area contributed by atoms with Crippen LogP contribution in [0.3, 0.4) is 0 Å². The Morgan fingerprint density at radius 1 is 1.30 bits per heavy atom. The first kappa shape index (κ1) is 13.7. The van der Waals surface area contributed by atoms with Crippen LogP contribution in [0.15, 0.2) is 18.3 Å². The van der Waals surface area contributed by atoms with Crippen molar-refractivity contribution in [2.24, 2.45) is 11.8 Å². The molecule has 110 valence electrons. The third-order valence-corrected chi connectivity index (χ3v) is 4.71. The summed E-state index contributed by atoms with van der Waals surface area (Å²) >= 11 is 0. The van der Waals surface area contributed by atoms with Gasteiger partial charge in [-0.15, -0.1) is 0 Å². The number of pyridine rings is 1. The zero-order valence-corrected chi connectivity index (χ0v) is 11.5. The Morgan fingerprint density at radius 2 is 2.05 bits per heavy atom. The highest BCUT2D eigenvalue weighted by Gasteiger charge is 2.50. The largest absolute Gasteiger partial charge is 0.417 e. The summed E-state index contributed by atoms with van der Waals surface area (Å²) in [5.74, 6) is 1.71. The van der Waals surface area contributed by atoms with Gasteiger partial charge < -0.3 is 10.2 Å². The lowest BCUT2D eigenvalue weighted by Crippen LogP contribution is -2.45. The standard InChI is InChI=1S/C14H18F3N3/c1-13(2)11-7-18-5-9(11)8-20(13)12-4-3-10(6-19-12)14(15,16)17/h3-4,6,9,11,18H,5,7-8H2,1-2H3. The molecule has 1 N–H and O–H groups in total. The Morgan fingerprint density at radius 3 is 2.60 bits per heavy atom. The number of hydrogen-bond donors (Lipinski definition) is 1. The summed E-state index contributed by atoms with van der Waals surface area (Å²) in [6.45, 7) is 7.08. The quantitative estimate of drug-likeness (QED) is 0.859. The lowest BCUT2D eigenvalue weighted by Gasteiger charge is -2.36. The van der Waals surface area contributed by atoms with Gasteiger partial charge in [0, 0.05) is 31.4 Å². The van der Waals surface area contributed by atoms with Crippen molar-refractivity contribution in [3.05, 3.63) is 23.9 Å². The van der Waals surface area contributed by atoms with Gasteiger partial charge in [-0.1, -0.05) is 0 Å². The molecule has 3 nitrogen and oxygen atoms in total. The lowest BCUT2D eigenvalue weighted by molar-refractivity contribution is -0.137. The maximum atomic E-state index is 12.6. The van der Waals surface area contributed by atoms with E-state index in [1.54, 1.807) is 0 Å². The van der Waals surface area contributed by atoms with Gasteiger partial charge in [0.2, 0.25) is 0 Å². The summed E-state index contributed by atoms with van der Waals surface area (Å²) in [5, 5.41) is 3.39. The molecule has 3 rings (SSSR count). The number of nitrogens with zero attached hydrogens (tertiary/aromatic N) is 2. The average Bonchev–Trinajstić information content (AvgIpc) is 2.91. The third-order valence-electron chi connectivity index (χ3n) is 4.71. The normalized spacial score (nSPS) is 28.8. The number of aromatic nitrogens is 1. The maximum absolute atomic E-state index is 12.6. The molecule has 2 atom stereocenters. The molecule has 6 heteroatoms. The minimum absolute atomic E-state index is 0.0824. The Balaban J connectivity index is 1.87. The summed E-state index contributed by atoms with van der Waals surface area (Å²) in [4.78, 5) is 6.18. The molecule has 2 unspecified atom stereocenters. The fourth-order valence-corrected chi connectivity index (χ4v) is 3.52. The topological polar surface area (TPSA) is 28.2 Å². The first-order valence-corrected chi connectivity index (χ1v) is 6.82. The molecule has 0 amide bonds. The van der Waals surface area contributed by atoms with E-state index in [9.17, 15) is 13.2 Å². The fourth-order valence-electron chi connectivity index (χ4n) is 3.52. The van der Waals surface area contributed by atoms with Gasteiger partial charge in [-0.3, -0.25) is 0 Å². The maximum Gasteiger partial charge on any atom is 0.417 e. The summed E-state index contributed by atoms with van der Waals surface area (Å²) in [6.07, 6.45) is -3.40. The van der Waals surface area contributed by atoms with Gasteiger partial charge in [-0.05, 0) is 37.8 Å². The van der Waals surface area contributed by atoms with Gasteiger partial charge >= 0.3 is 6.18 Å². The van der Waals surface area contributed by atoms with Crippen molar-refractivity contribution >= 4 is 5.82 Å². The predicted molar refractivity (Wildman–Crippen MR) is 70.5 cm³/mol. The van der Waals surface area contributed by atoms with Crippen LogP contribution in [-0.4, -0.2) is 30.2 Å². The van der Waals surface area contributed by atoms with Crippen LogP contribution < -0.4 is 10.2 Å². The van der Waals surface area contributed by atoms with E-state index in [1.165, 1.54) is 6.07 Å². The highest BCUT2D eigenvalue weighted by molar-refractivity contribution is 5.45. The molecule has 2 aliphatic heterocycles. The van der Waals surface area contributed by atoms with Gasteiger partial charge in [-0.25, -0.2) is 4.98 Å². The zero-order valence-electron chi connectivity index (χ0n) is 11.5. The van der Waals surface area contributed by atoms with Crippen LogP contribution in [-0.2, 0) is 6.18 Å². The molecule has 0 spiro atoms. The number of anilines is 1. The van der Waals surface area contributed by atoms with Gasteiger partial charge in [0.25, 0.3) is 0 Å². The number of halogens is 3. The van der Waals surface area contributed by atoms with Gasteiger partial charge in [0.1, 0.15) is 5.82 Å². The zero-order chi connectivity index (χ0) is 14.5. The summed E-state index contributed by atoms with van der Waals surface area (Å²) in [6, 6.07) is 2.60. The average molecular weight is 285 g/mol. The summed E-state index contributed by atoms with van der Waals surface area (Å²) in [7, 11) is 0. The number of fused-ring (bicyclic) bond motifs is 1. The molecule has 0 aliphatic carbocycles. The molecular formula is C14H18F3N3. The molecule has 0 saturated carbocycles. The van der Waals surface area contributed by atoms with Crippen molar-refractivity contribution in [2.45, 2.75) is 25.6 Å². The van der Waals surface area contributed by atoms with Crippen LogP contribution in [0.2, 0.25) is 0 Å². The Hall–Kier alpha value is -1.30. The van der Waals surface area contributed by atoms with E-state index < -0.39 is 11.7 Å². The second-order valence-electron chi connectivity index (χ2n) is 6.19. The molecule has 0 radical (unpaired) electrons. The minimum atomic E-state index is -4.33. The highest BCUT2D eigenvalue weighted by atomic mass is 19.4. The van der Waals surface area contributed by atoms with E-state index >= 15 is 0 Å². The molecule has 1 aromatic rings. The van der Waals surface area contributed by atoms with Gasteiger partial charge in [-0.2, -0.15) is 13.2 Å². The Bertz CT molecular complexity index is 495. The molecule has 0 aromatic carbocycles. The fraction of sp³-hybridized carbons (Fsp3) is 0.643. The van der Waals surface area contributed by atoms with Crippen LogP contribution in [0.25, 0.3) is 0 Å². The SMILES string of the molecule is CC1(C)C2CNCC2CN1c1ccc(C(F)(F)F)cn1. The lowest BCUT2D eigenvalue weighted by atomic mass is 9.85. The molecule has 2 saturated heterocycles. The van der Waals surface area contributed by atoms with Crippen molar-refractivity contribution in [1.29, 1.82) is 0 Å². The van der Waals surface area contributed by atoms with Crippen molar-refractivity contribution in [1.82, 2.24) is 10.3 Å². The molecule has 3 heterocycles. The van der Waals surface area contributed by atoms with Gasteiger partial charge in [0.05, 0.1) is 5.56 Å². The van der Waals surface area contributed by atoms with E-state index in [-0.39, 0.29) is 5.54 Å². The Labute approximate surface area is 116 Å². The first-order chi connectivity index (χ1) is 9.30. The van der Waals surface area contributed by atoms with Crippen molar-refractivity contribution < 1.29 is 13.2 Å². The van der Waals surface area contributed by atoms with Crippen LogP contribution in [0.1, 0.15) is 19.4 Å². The number of nitrogens with one attached hydrogen (secondary N) is 1. The van der Waals surface area contributed by atoms with Gasteiger partial charge in [0.15, 0.2) is 0 Å². The second kappa shape index (κ2) is 4.35. The second-order valence-corrected chi connectivity index (χ2v) is 6.19. The van der Waals surface area contributed by atoms with Crippen molar-refractivity contribution in [2.75, 3.05) is 24.5 Å². The smallest absolute Gasteiger partial charge is 0.351 e. The molecule has 2 fully saturated rings. The molecule has 20 heavy (non-hydrogen) atoms. The van der Waals surface area contributed by atoms with E-state index in [1.807, 2.05) is 0 Å². The van der Waals surface area contributed by atoms with E-state index in [4.69, 9.17) is 0 Å². The number of hydrogen-bond acceptors (Lipinski definition) is 3. The van der Waals surface area contributed by atoms with E-state index in [2.05, 4.69) is 29.0 Å². The van der Waals surface area contributed by atoms with Crippen LogP contribution in [0, 0.1) is 11.8 Å². The van der Waals surface area contributed by atoms with Crippen LogP contribution >= 0.6 is 0 Å². The minimum Gasteiger partial charge on any atom is -0.351 e. The number of rotatable bonds is 1. The third kappa shape index (κ3) is 2.06. The first-order valence-electron chi connectivity index (χ1n) is 6.82. The monoisotopic (exact) mass is 285 g/mol. The molecular weight excluding hydrogens is 267 g/mol. The summed E-state index contributed by atoms with van der Waals surface area (Å²) in [5.41, 5.74) is -0.777. The molecule has 0 bridgehead atoms. The van der Waals surface area contributed by atoms with Crippen LogP contribution in [0.5, 0.6) is 0 Å². The molecule has 2 aliphatic rings. The molecule has 1 aromatic heterocycles.